The molecule has 5 aromatic rings. The Morgan fingerprint density at radius 3 is 2.26 bits per heavy atom. The van der Waals surface area contributed by atoms with E-state index in [-0.39, 0.29) is 10.5 Å². The average molecular weight is 505 g/mol. The molecule has 2 unspecified atom stereocenters. The fraction of sp³-hybridized carbons (Fsp3) is 0.125. The highest BCUT2D eigenvalue weighted by Crippen LogP contribution is 2.41. The number of halogens is 1. The van der Waals surface area contributed by atoms with Crippen molar-refractivity contribution in [3.63, 3.8) is 0 Å². The number of nitro benzene ring substituents is 1. The van der Waals surface area contributed by atoms with Crippen LogP contribution in [0.1, 0.15) is 17.4 Å². The molecule has 1 N–H and O–H groups in total. The van der Waals surface area contributed by atoms with Gasteiger partial charge in [-0.25, -0.2) is 9.69 Å². The molecule has 0 radical (unpaired) electrons. The topological polar surface area (TPSA) is 102 Å². The van der Waals surface area contributed by atoms with Crippen LogP contribution in [0.15, 0.2) is 72.8 Å². The molecule has 0 spiro atoms. The van der Waals surface area contributed by atoms with Gasteiger partial charge >= 0.3 is 0 Å². The summed E-state index contributed by atoms with van der Waals surface area (Å²) in [5, 5.41) is 21.4. The Bertz CT molecular complexity index is 1650. The van der Waals surface area contributed by atoms with Gasteiger partial charge in [-0.15, -0.1) is 11.6 Å². The van der Waals surface area contributed by atoms with Crippen LogP contribution in [0.3, 0.4) is 0 Å². The predicted octanol–water partition coefficient (Wildman–Crippen LogP) is 4.83. The van der Waals surface area contributed by atoms with Crippen LogP contribution >= 0.6 is 23.8 Å². The number of aromatic nitrogens is 4. The van der Waals surface area contributed by atoms with Gasteiger partial charge in [0.1, 0.15) is 11.4 Å². The van der Waals surface area contributed by atoms with Gasteiger partial charge in [-0.05, 0) is 30.4 Å². The minimum atomic E-state index is -0.964. The third-order valence-electron chi connectivity index (χ3n) is 6.37. The summed E-state index contributed by atoms with van der Waals surface area (Å²) in [5.41, 5.74) is 2.24. The molecule has 1 aliphatic rings. The molecule has 0 aliphatic carbocycles. The largest absolute Gasteiger partial charge is 0.333 e. The summed E-state index contributed by atoms with van der Waals surface area (Å²) >= 11 is 11.9. The van der Waals surface area contributed by atoms with Gasteiger partial charge in [0.15, 0.2) is 5.82 Å². The van der Waals surface area contributed by atoms with E-state index in [1.807, 2.05) is 36.4 Å². The van der Waals surface area contributed by atoms with Crippen LogP contribution in [0, 0.1) is 14.9 Å². The molecular formula is C24H17ClN6O3S. The number of alkyl halides is 1. The number of nitrogens with zero attached hydrogens (tertiary/aromatic N) is 5. The Labute approximate surface area is 208 Å². The molecular weight excluding hydrogens is 488 g/mol. The van der Waals surface area contributed by atoms with Crippen molar-refractivity contribution < 1.29 is 9.72 Å². The number of amides is 1. The van der Waals surface area contributed by atoms with E-state index in [9.17, 15) is 14.9 Å². The van der Waals surface area contributed by atoms with Gasteiger partial charge < -0.3 is 4.57 Å². The van der Waals surface area contributed by atoms with Crippen LogP contribution in [-0.4, -0.2) is 35.6 Å². The number of aromatic amines is 1. The fourth-order valence-corrected chi connectivity index (χ4v) is 5.40. The summed E-state index contributed by atoms with van der Waals surface area (Å²) in [5.74, 6) is 0.0674. The van der Waals surface area contributed by atoms with E-state index >= 15 is 0 Å². The minimum absolute atomic E-state index is 0.111. The first-order valence-corrected chi connectivity index (χ1v) is 11.6. The van der Waals surface area contributed by atoms with E-state index in [4.69, 9.17) is 23.8 Å². The predicted molar refractivity (Wildman–Crippen MR) is 135 cm³/mol. The van der Waals surface area contributed by atoms with Crippen molar-refractivity contribution in [3.8, 4) is 0 Å². The Morgan fingerprint density at radius 1 is 1.00 bits per heavy atom. The molecule has 11 heteroatoms. The third kappa shape index (κ3) is 3.17. The van der Waals surface area contributed by atoms with Crippen molar-refractivity contribution in [2.75, 3.05) is 5.01 Å². The van der Waals surface area contributed by atoms with Crippen LogP contribution in [0.25, 0.3) is 21.8 Å². The van der Waals surface area contributed by atoms with Crippen molar-refractivity contribution in [2.24, 2.45) is 0 Å². The number of β-lactam (4-membered cyclic amide) rings is 1. The zero-order chi connectivity index (χ0) is 24.3. The van der Waals surface area contributed by atoms with E-state index in [2.05, 4.69) is 26.9 Å². The van der Waals surface area contributed by atoms with Gasteiger partial charge in [-0.1, -0.05) is 48.5 Å². The summed E-state index contributed by atoms with van der Waals surface area (Å²) in [4.78, 5) is 24.1. The number of rotatable bonds is 5. The molecule has 1 aliphatic heterocycles. The monoisotopic (exact) mass is 504 g/mol. The first-order valence-electron chi connectivity index (χ1n) is 10.8. The zero-order valence-electron chi connectivity index (χ0n) is 18.0. The lowest BCUT2D eigenvalue weighted by Gasteiger charge is -2.44. The maximum Gasteiger partial charge on any atom is 0.274 e. The van der Waals surface area contributed by atoms with Crippen LogP contribution in [-0.2, 0) is 11.3 Å². The number of hydrogen-bond acceptors (Lipinski definition) is 5. The Hall–Kier alpha value is -4.02. The number of carbonyl (C=O) groups is 1. The van der Waals surface area contributed by atoms with Gasteiger partial charge in [0.2, 0.25) is 4.77 Å². The molecule has 2 aromatic heterocycles. The molecule has 9 nitrogen and oxygen atoms in total. The van der Waals surface area contributed by atoms with Gasteiger partial charge in [0.05, 0.1) is 17.0 Å². The number of fused-ring (bicyclic) bond motifs is 3. The Morgan fingerprint density at radius 2 is 1.60 bits per heavy atom. The molecule has 35 heavy (non-hydrogen) atoms. The molecule has 0 saturated carbocycles. The van der Waals surface area contributed by atoms with Crippen molar-refractivity contribution in [1.82, 2.24) is 19.4 Å². The SMILES string of the molecule is O=C1C(Cl)C(c2ccccc2[N+](=O)[O-])N1n1c(Cn2c3ccccc3c3ccccc32)n[nH]c1=S. The second-order valence-corrected chi connectivity index (χ2v) is 9.08. The smallest absolute Gasteiger partial charge is 0.274 e. The van der Waals surface area contributed by atoms with Gasteiger partial charge in [0, 0.05) is 27.9 Å². The first kappa shape index (κ1) is 21.5. The summed E-state index contributed by atoms with van der Waals surface area (Å²) in [6, 6.07) is 21.6. The maximum atomic E-state index is 13.0. The van der Waals surface area contributed by atoms with Crippen LogP contribution in [0.2, 0.25) is 0 Å². The highest BCUT2D eigenvalue weighted by molar-refractivity contribution is 7.71. The van der Waals surface area contributed by atoms with Crippen LogP contribution in [0.5, 0.6) is 0 Å². The minimum Gasteiger partial charge on any atom is -0.333 e. The lowest BCUT2D eigenvalue weighted by atomic mass is 9.94. The van der Waals surface area contributed by atoms with E-state index < -0.39 is 22.2 Å². The Kier molecular flexibility index (Phi) is 4.94. The third-order valence-corrected chi connectivity index (χ3v) is 7.06. The number of carbonyl (C=O) groups excluding carboxylic acids is 1. The van der Waals surface area contributed by atoms with Crippen molar-refractivity contribution in [2.45, 2.75) is 18.0 Å². The zero-order valence-corrected chi connectivity index (χ0v) is 19.6. The van der Waals surface area contributed by atoms with E-state index in [1.54, 1.807) is 18.2 Å². The lowest BCUT2D eigenvalue weighted by Crippen LogP contribution is -2.62. The van der Waals surface area contributed by atoms with Gasteiger partial charge in [-0.2, -0.15) is 5.10 Å². The van der Waals surface area contributed by atoms with Crippen LogP contribution < -0.4 is 5.01 Å². The molecule has 174 valence electrons. The van der Waals surface area contributed by atoms with Gasteiger partial charge in [-0.3, -0.25) is 20.0 Å². The standard InChI is InChI=1S/C24H17ClN6O3S/c25-21-22(16-9-3-6-12-19(16)31(33)34)30(23(21)32)29-20(26-27-24(29)35)13-28-17-10-4-1-7-14(17)15-8-2-5-11-18(15)28/h1-12,21-22H,13H2,(H,27,35). The summed E-state index contributed by atoms with van der Waals surface area (Å²) in [6.07, 6.45) is 0. The summed E-state index contributed by atoms with van der Waals surface area (Å²) in [7, 11) is 0. The van der Waals surface area contributed by atoms with E-state index in [0.717, 1.165) is 21.8 Å². The van der Waals surface area contributed by atoms with Crippen LogP contribution in [0.4, 0.5) is 5.69 Å². The summed E-state index contributed by atoms with van der Waals surface area (Å²) < 4.78 is 3.80. The molecule has 2 atom stereocenters. The molecule has 3 aromatic carbocycles. The Balaban J connectivity index is 1.48. The normalized spacial score (nSPS) is 17.7. The maximum absolute atomic E-state index is 13.0. The number of hydrogen-bond donors (Lipinski definition) is 1. The number of nitrogens with one attached hydrogen (secondary N) is 1. The second kappa shape index (κ2) is 8.03. The van der Waals surface area contributed by atoms with Crippen molar-refractivity contribution >= 4 is 57.2 Å². The fourth-order valence-electron chi connectivity index (χ4n) is 4.82. The average Bonchev–Trinajstić information content (AvgIpc) is 3.39. The highest BCUT2D eigenvalue weighted by atomic mass is 35.5. The second-order valence-electron chi connectivity index (χ2n) is 8.22. The number of benzene rings is 3. The number of H-pyrrole nitrogens is 1. The number of nitro groups is 1. The molecule has 6 rings (SSSR count). The molecule has 1 saturated heterocycles. The van der Waals surface area contributed by atoms with E-state index in [1.165, 1.54) is 15.8 Å². The van der Waals surface area contributed by atoms with Crippen molar-refractivity contribution in [1.29, 1.82) is 0 Å². The van der Waals surface area contributed by atoms with Gasteiger partial charge in [0.25, 0.3) is 11.6 Å². The first-order chi connectivity index (χ1) is 17.0. The highest BCUT2D eigenvalue weighted by Gasteiger charge is 2.51. The van der Waals surface area contributed by atoms with E-state index in [0.29, 0.717) is 17.9 Å². The molecule has 3 heterocycles. The molecule has 1 fully saturated rings. The summed E-state index contributed by atoms with van der Waals surface area (Å²) in [6.45, 7) is 0.307. The quantitative estimate of drug-likeness (QED) is 0.121. The molecule has 1 amide bonds. The molecule has 0 bridgehead atoms. The lowest BCUT2D eigenvalue weighted by molar-refractivity contribution is -0.385. The van der Waals surface area contributed by atoms with Crippen molar-refractivity contribution in [3.05, 3.63) is 99.1 Å². The number of para-hydroxylation sites is 3.